The zero-order valence-corrected chi connectivity index (χ0v) is 14.6. The van der Waals surface area contributed by atoms with Crippen LogP contribution in [0.2, 0.25) is 0 Å². The molecule has 0 aliphatic carbocycles. The fraction of sp³-hybridized carbons (Fsp3) is 0.529. The number of hydrogen-bond acceptors (Lipinski definition) is 5. The minimum absolute atomic E-state index is 0.304. The molecule has 0 saturated carbocycles. The van der Waals surface area contributed by atoms with Crippen molar-refractivity contribution in [1.82, 2.24) is 14.8 Å². The number of carbonyl (C=O) groups excluding carboxylic acids is 1. The summed E-state index contributed by atoms with van der Waals surface area (Å²) in [6.45, 7) is 8.79. The summed E-state index contributed by atoms with van der Waals surface area (Å²) in [5.74, 6) is -2.90. The molecule has 1 aromatic heterocycles. The average Bonchev–Trinajstić information content (AvgIpc) is 2.56. The second-order valence-corrected chi connectivity index (χ2v) is 6.22. The zero-order chi connectivity index (χ0) is 18.8. The van der Waals surface area contributed by atoms with Crippen LogP contribution in [0.15, 0.2) is 24.5 Å². The SMILES string of the molecule is CC(C)CC(=O)N1CCN(Cc2ccncc2)CC1.O=C(O)C(=O)O. The van der Waals surface area contributed by atoms with E-state index < -0.39 is 11.9 Å². The fourth-order valence-electron chi connectivity index (χ4n) is 2.38. The van der Waals surface area contributed by atoms with Gasteiger partial charge in [0, 0.05) is 51.5 Å². The lowest BCUT2D eigenvalue weighted by atomic mass is 10.1. The first-order chi connectivity index (χ1) is 11.8. The highest BCUT2D eigenvalue weighted by Crippen LogP contribution is 2.10. The van der Waals surface area contributed by atoms with Crippen molar-refractivity contribution in [1.29, 1.82) is 0 Å². The summed E-state index contributed by atoms with van der Waals surface area (Å²) < 4.78 is 0. The van der Waals surface area contributed by atoms with Gasteiger partial charge in [0.1, 0.15) is 0 Å². The number of nitrogens with zero attached hydrogens (tertiary/aromatic N) is 3. The molecule has 2 heterocycles. The van der Waals surface area contributed by atoms with E-state index in [-0.39, 0.29) is 0 Å². The van der Waals surface area contributed by atoms with Crippen LogP contribution in [0.5, 0.6) is 0 Å². The highest BCUT2D eigenvalue weighted by molar-refractivity contribution is 6.27. The van der Waals surface area contributed by atoms with E-state index in [2.05, 4.69) is 35.9 Å². The van der Waals surface area contributed by atoms with Crippen molar-refractivity contribution in [2.75, 3.05) is 26.2 Å². The summed E-state index contributed by atoms with van der Waals surface area (Å²) >= 11 is 0. The Hall–Kier alpha value is -2.48. The Bertz CT molecular complexity index is 557. The Kier molecular flexibility index (Phi) is 8.55. The van der Waals surface area contributed by atoms with E-state index in [0.717, 1.165) is 32.7 Å². The Morgan fingerprint density at radius 1 is 1.04 bits per heavy atom. The van der Waals surface area contributed by atoms with Crippen LogP contribution in [-0.4, -0.2) is 69.0 Å². The molecule has 0 spiro atoms. The number of hydrogen-bond donors (Lipinski definition) is 2. The van der Waals surface area contributed by atoms with Gasteiger partial charge in [0.05, 0.1) is 0 Å². The number of amides is 1. The molecule has 8 nitrogen and oxygen atoms in total. The number of carboxylic acid groups (broad SMARTS) is 2. The first kappa shape index (κ1) is 20.6. The molecule has 138 valence electrons. The Labute approximate surface area is 147 Å². The Balaban J connectivity index is 0.000000450. The summed E-state index contributed by atoms with van der Waals surface area (Å²) in [6, 6.07) is 4.10. The van der Waals surface area contributed by atoms with Crippen molar-refractivity contribution in [3.63, 3.8) is 0 Å². The zero-order valence-electron chi connectivity index (χ0n) is 14.6. The minimum atomic E-state index is -1.82. The summed E-state index contributed by atoms with van der Waals surface area (Å²) in [4.78, 5) is 38.6. The Morgan fingerprint density at radius 3 is 2.00 bits per heavy atom. The van der Waals surface area contributed by atoms with E-state index in [4.69, 9.17) is 19.8 Å². The molecule has 1 amide bonds. The smallest absolute Gasteiger partial charge is 0.414 e. The number of carboxylic acids is 2. The van der Waals surface area contributed by atoms with E-state index in [9.17, 15) is 4.79 Å². The molecule has 8 heteroatoms. The van der Waals surface area contributed by atoms with Gasteiger partial charge < -0.3 is 15.1 Å². The van der Waals surface area contributed by atoms with Crippen LogP contribution >= 0.6 is 0 Å². The lowest BCUT2D eigenvalue weighted by Crippen LogP contribution is -2.48. The molecule has 0 bridgehead atoms. The highest BCUT2D eigenvalue weighted by atomic mass is 16.4. The van der Waals surface area contributed by atoms with Crippen LogP contribution < -0.4 is 0 Å². The number of rotatable bonds is 4. The van der Waals surface area contributed by atoms with Crippen LogP contribution in [0.25, 0.3) is 0 Å². The molecule has 0 aromatic carbocycles. The van der Waals surface area contributed by atoms with Gasteiger partial charge >= 0.3 is 11.9 Å². The monoisotopic (exact) mass is 351 g/mol. The van der Waals surface area contributed by atoms with Gasteiger partial charge in [0.15, 0.2) is 0 Å². The molecule has 1 aliphatic heterocycles. The molecule has 1 aromatic rings. The molecular weight excluding hydrogens is 326 g/mol. The first-order valence-corrected chi connectivity index (χ1v) is 8.14. The van der Waals surface area contributed by atoms with Crippen molar-refractivity contribution < 1.29 is 24.6 Å². The van der Waals surface area contributed by atoms with Crippen molar-refractivity contribution in [2.24, 2.45) is 5.92 Å². The van der Waals surface area contributed by atoms with E-state index >= 15 is 0 Å². The minimum Gasteiger partial charge on any atom is -0.473 e. The normalized spacial score (nSPS) is 14.6. The molecule has 2 rings (SSSR count). The van der Waals surface area contributed by atoms with Crippen molar-refractivity contribution in [3.05, 3.63) is 30.1 Å². The molecule has 25 heavy (non-hydrogen) atoms. The van der Waals surface area contributed by atoms with Gasteiger partial charge in [-0.1, -0.05) is 13.8 Å². The molecule has 0 unspecified atom stereocenters. The van der Waals surface area contributed by atoms with Gasteiger partial charge in [-0.05, 0) is 23.6 Å². The topological polar surface area (TPSA) is 111 Å². The van der Waals surface area contributed by atoms with Crippen LogP contribution in [0, 0.1) is 5.92 Å². The summed E-state index contributed by atoms with van der Waals surface area (Å²) in [5, 5.41) is 14.8. The van der Waals surface area contributed by atoms with Crippen molar-refractivity contribution in [3.8, 4) is 0 Å². The highest BCUT2D eigenvalue weighted by Gasteiger charge is 2.21. The molecule has 1 aliphatic rings. The lowest BCUT2D eigenvalue weighted by Gasteiger charge is -2.35. The fourth-order valence-corrected chi connectivity index (χ4v) is 2.38. The number of aromatic nitrogens is 1. The van der Waals surface area contributed by atoms with E-state index in [0.29, 0.717) is 18.2 Å². The van der Waals surface area contributed by atoms with Crippen LogP contribution in [0.4, 0.5) is 0 Å². The van der Waals surface area contributed by atoms with E-state index in [1.54, 1.807) is 0 Å². The van der Waals surface area contributed by atoms with Crippen LogP contribution in [-0.2, 0) is 20.9 Å². The van der Waals surface area contributed by atoms with E-state index in [1.165, 1.54) is 5.56 Å². The van der Waals surface area contributed by atoms with Gasteiger partial charge in [0.2, 0.25) is 5.91 Å². The third-order valence-corrected chi connectivity index (χ3v) is 3.65. The third kappa shape index (κ3) is 8.25. The number of aliphatic carboxylic acids is 2. The Morgan fingerprint density at radius 2 is 1.56 bits per heavy atom. The summed E-state index contributed by atoms with van der Waals surface area (Å²) in [5.41, 5.74) is 1.29. The molecule has 2 N–H and O–H groups in total. The molecule has 1 fully saturated rings. The number of carbonyl (C=O) groups is 3. The first-order valence-electron chi connectivity index (χ1n) is 8.14. The maximum Gasteiger partial charge on any atom is 0.414 e. The van der Waals surface area contributed by atoms with E-state index in [1.807, 2.05) is 17.3 Å². The van der Waals surface area contributed by atoms with Crippen molar-refractivity contribution in [2.45, 2.75) is 26.8 Å². The van der Waals surface area contributed by atoms with Gasteiger partial charge in [-0.25, -0.2) is 9.59 Å². The predicted octanol–water partition coefficient (Wildman–Crippen LogP) is 0.928. The second-order valence-electron chi connectivity index (χ2n) is 6.22. The maximum atomic E-state index is 12.0. The maximum absolute atomic E-state index is 12.0. The lowest BCUT2D eigenvalue weighted by molar-refractivity contribution is -0.159. The van der Waals surface area contributed by atoms with Gasteiger partial charge in [-0.15, -0.1) is 0 Å². The standard InChI is InChI=1S/C15H23N3O.C2H2O4/c1-13(2)11-15(19)18-9-7-17(8-10-18)12-14-3-5-16-6-4-14;3-1(4)2(5)6/h3-6,13H,7-12H2,1-2H3;(H,3,4)(H,5,6). The van der Waals surface area contributed by atoms with Crippen LogP contribution in [0.1, 0.15) is 25.8 Å². The van der Waals surface area contributed by atoms with Gasteiger partial charge in [0.25, 0.3) is 0 Å². The molecule has 0 radical (unpaired) electrons. The average molecular weight is 351 g/mol. The quantitative estimate of drug-likeness (QED) is 0.776. The van der Waals surface area contributed by atoms with Gasteiger partial charge in [-0.3, -0.25) is 14.7 Å². The molecule has 0 atom stereocenters. The largest absolute Gasteiger partial charge is 0.473 e. The second kappa shape index (κ2) is 10.4. The molecule has 1 saturated heterocycles. The summed E-state index contributed by atoms with van der Waals surface area (Å²) in [7, 11) is 0. The molecular formula is C17H25N3O5. The van der Waals surface area contributed by atoms with Crippen LogP contribution in [0.3, 0.4) is 0 Å². The number of pyridine rings is 1. The predicted molar refractivity (Wildman–Crippen MR) is 90.8 cm³/mol. The third-order valence-electron chi connectivity index (χ3n) is 3.65. The number of piperazine rings is 1. The van der Waals surface area contributed by atoms with Crippen molar-refractivity contribution >= 4 is 17.8 Å². The summed E-state index contributed by atoms with van der Waals surface area (Å²) in [6.07, 6.45) is 4.33. The van der Waals surface area contributed by atoms with Gasteiger partial charge in [-0.2, -0.15) is 0 Å².